The Morgan fingerprint density at radius 1 is 1.05 bits per heavy atom. The Kier molecular flexibility index (Phi) is 4.78. The first kappa shape index (κ1) is 15.3. The Hall–Kier alpha value is -1.75. The highest BCUT2D eigenvalue weighted by Gasteiger charge is 2.18. The van der Waals surface area contributed by atoms with E-state index in [0.717, 1.165) is 5.69 Å². The maximum absolute atomic E-state index is 12.2. The van der Waals surface area contributed by atoms with E-state index in [1.165, 1.54) is 0 Å². The van der Waals surface area contributed by atoms with Crippen LogP contribution in [0.4, 0.5) is 11.4 Å². The lowest BCUT2D eigenvalue weighted by molar-refractivity contribution is 0.0955. The zero-order valence-electron chi connectivity index (χ0n) is 12.6. The molecular weight excluding hydrogens is 242 g/mol. The molecule has 0 aliphatic rings. The van der Waals surface area contributed by atoms with E-state index in [4.69, 9.17) is 0 Å². The molecule has 0 saturated carbocycles. The molecule has 5 nitrogen and oxygen atoms in total. The number of hydrogen-bond acceptors (Lipinski definition) is 5. The van der Waals surface area contributed by atoms with Gasteiger partial charge in [0.2, 0.25) is 0 Å². The summed E-state index contributed by atoms with van der Waals surface area (Å²) in [6.07, 6.45) is 0. The lowest BCUT2D eigenvalue weighted by Crippen LogP contribution is -2.23. The highest BCUT2D eigenvalue weighted by molar-refractivity contribution is 6.02. The minimum Gasteiger partial charge on any atom is -0.505 e. The fourth-order valence-corrected chi connectivity index (χ4v) is 1.79. The number of anilines is 2. The number of benzene rings is 1. The minimum absolute atomic E-state index is 0.0439. The van der Waals surface area contributed by atoms with Gasteiger partial charge in [0, 0.05) is 33.9 Å². The van der Waals surface area contributed by atoms with E-state index in [-0.39, 0.29) is 18.1 Å². The van der Waals surface area contributed by atoms with Crippen molar-refractivity contribution < 1.29 is 9.90 Å². The molecule has 0 heterocycles. The molecule has 0 aromatic heterocycles. The molecule has 0 aliphatic heterocycles. The second-order valence-corrected chi connectivity index (χ2v) is 5.31. The van der Waals surface area contributed by atoms with Gasteiger partial charge in [0.25, 0.3) is 0 Å². The van der Waals surface area contributed by atoms with Gasteiger partial charge in [-0.1, -0.05) is 0 Å². The van der Waals surface area contributed by atoms with E-state index in [9.17, 15) is 9.90 Å². The average Bonchev–Trinajstić information content (AvgIpc) is 2.27. The van der Waals surface area contributed by atoms with Gasteiger partial charge in [-0.05, 0) is 26.2 Å². The molecule has 0 atom stereocenters. The molecule has 0 bridgehead atoms. The summed E-state index contributed by atoms with van der Waals surface area (Å²) in [5.74, 6) is -0.0447. The van der Waals surface area contributed by atoms with Gasteiger partial charge in [0.15, 0.2) is 5.78 Å². The van der Waals surface area contributed by atoms with Crippen molar-refractivity contribution in [2.24, 2.45) is 0 Å². The van der Waals surface area contributed by atoms with Crippen LogP contribution in [0.25, 0.3) is 0 Å². The van der Waals surface area contributed by atoms with Crippen LogP contribution in [0, 0.1) is 0 Å². The lowest BCUT2D eigenvalue weighted by atomic mass is 10.1. The van der Waals surface area contributed by atoms with Crippen LogP contribution < -0.4 is 9.80 Å². The van der Waals surface area contributed by atoms with Gasteiger partial charge in [-0.3, -0.25) is 4.79 Å². The minimum atomic E-state index is -0.0886. The summed E-state index contributed by atoms with van der Waals surface area (Å²) in [4.78, 5) is 17.7. The van der Waals surface area contributed by atoms with Gasteiger partial charge >= 0.3 is 0 Å². The summed E-state index contributed by atoms with van der Waals surface area (Å²) in [6.45, 7) is 0.275. The van der Waals surface area contributed by atoms with Crippen LogP contribution >= 0.6 is 0 Å². The molecule has 0 spiro atoms. The van der Waals surface area contributed by atoms with E-state index in [0.29, 0.717) is 11.3 Å². The number of hydrogen-bond donors (Lipinski definition) is 1. The largest absolute Gasteiger partial charge is 0.505 e. The van der Waals surface area contributed by atoms with Gasteiger partial charge in [0.1, 0.15) is 5.75 Å². The van der Waals surface area contributed by atoms with Gasteiger partial charge in [-0.15, -0.1) is 0 Å². The summed E-state index contributed by atoms with van der Waals surface area (Å²) >= 11 is 0. The summed E-state index contributed by atoms with van der Waals surface area (Å²) in [6, 6.07) is 3.59. The van der Waals surface area contributed by atoms with Crippen molar-refractivity contribution in [1.82, 2.24) is 4.90 Å². The third-order valence-corrected chi connectivity index (χ3v) is 2.83. The molecule has 0 unspecified atom stereocenters. The Balaban J connectivity index is 3.33. The molecule has 1 rings (SSSR count). The summed E-state index contributed by atoms with van der Waals surface area (Å²) in [5.41, 5.74) is 1.90. The van der Waals surface area contributed by atoms with Crippen molar-refractivity contribution in [3.63, 3.8) is 0 Å². The van der Waals surface area contributed by atoms with Crippen LogP contribution in [-0.2, 0) is 0 Å². The highest BCUT2D eigenvalue weighted by Crippen LogP contribution is 2.34. The fraction of sp³-hybridized carbons (Fsp3) is 0.500. The van der Waals surface area contributed by atoms with Gasteiger partial charge in [-0.25, -0.2) is 0 Å². The zero-order valence-corrected chi connectivity index (χ0v) is 12.6. The maximum Gasteiger partial charge on any atom is 0.180 e. The van der Waals surface area contributed by atoms with Crippen molar-refractivity contribution in [2.45, 2.75) is 0 Å². The Labute approximate surface area is 115 Å². The number of carbonyl (C=O) groups is 1. The first-order valence-corrected chi connectivity index (χ1v) is 6.13. The molecule has 0 saturated heterocycles. The monoisotopic (exact) mass is 265 g/mol. The number of carbonyl (C=O) groups excluding carboxylic acids is 1. The fourth-order valence-electron chi connectivity index (χ4n) is 1.79. The van der Waals surface area contributed by atoms with Crippen LogP contribution in [0.2, 0.25) is 0 Å². The van der Waals surface area contributed by atoms with Crippen LogP contribution in [-0.4, -0.2) is 64.6 Å². The van der Waals surface area contributed by atoms with E-state index < -0.39 is 0 Å². The number of nitrogens with zero attached hydrogens (tertiary/aromatic N) is 3. The summed E-state index contributed by atoms with van der Waals surface area (Å²) in [7, 11) is 11.2. The molecule has 0 fully saturated rings. The van der Waals surface area contributed by atoms with Gasteiger partial charge < -0.3 is 19.8 Å². The van der Waals surface area contributed by atoms with E-state index in [1.807, 2.05) is 53.3 Å². The predicted molar refractivity (Wildman–Crippen MR) is 79.6 cm³/mol. The molecule has 0 amide bonds. The van der Waals surface area contributed by atoms with Crippen LogP contribution in [0.3, 0.4) is 0 Å². The number of rotatable bonds is 5. The highest BCUT2D eigenvalue weighted by atomic mass is 16.3. The maximum atomic E-state index is 12.2. The Morgan fingerprint density at radius 3 is 2.05 bits per heavy atom. The molecule has 5 heteroatoms. The molecule has 1 aromatic carbocycles. The molecule has 1 N–H and O–H groups in total. The van der Waals surface area contributed by atoms with E-state index >= 15 is 0 Å². The second kappa shape index (κ2) is 5.93. The van der Waals surface area contributed by atoms with Crippen LogP contribution in [0.15, 0.2) is 12.1 Å². The number of likely N-dealkylation sites (N-methyl/N-ethyl adjacent to an activating group) is 1. The quantitative estimate of drug-likeness (QED) is 0.812. The molecular formula is C14H23N3O2. The smallest absolute Gasteiger partial charge is 0.180 e. The SMILES string of the molecule is CN(C)CC(=O)c1cc(N(C)C)cc(N(C)C)c1O. The normalized spacial score (nSPS) is 10.7. The summed E-state index contributed by atoms with van der Waals surface area (Å²) < 4.78 is 0. The first-order valence-electron chi connectivity index (χ1n) is 6.13. The predicted octanol–water partition coefficient (Wildman–Crippen LogP) is 1.27. The third-order valence-electron chi connectivity index (χ3n) is 2.83. The van der Waals surface area contributed by atoms with Crippen molar-refractivity contribution in [3.05, 3.63) is 17.7 Å². The van der Waals surface area contributed by atoms with E-state index in [1.54, 1.807) is 15.9 Å². The number of phenolic OH excluding ortho intramolecular Hbond substituents is 1. The van der Waals surface area contributed by atoms with Crippen molar-refractivity contribution in [3.8, 4) is 5.75 Å². The Bertz CT molecular complexity index is 468. The van der Waals surface area contributed by atoms with Crippen LogP contribution in [0.1, 0.15) is 10.4 Å². The lowest BCUT2D eigenvalue weighted by Gasteiger charge is -2.21. The zero-order chi connectivity index (χ0) is 14.7. The number of Topliss-reactive ketones (excluding diaryl/α,β-unsaturated/α-hetero) is 1. The molecule has 106 valence electrons. The molecule has 0 radical (unpaired) electrons. The first-order chi connectivity index (χ1) is 8.73. The second-order valence-electron chi connectivity index (χ2n) is 5.31. The standard InChI is InChI=1S/C14H23N3O2/c1-15(2)9-13(18)11-7-10(16(3)4)8-12(14(11)19)17(5)6/h7-8,19H,9H2,1-6H3. The third kappa shape index (κ3) is 3.61. The number of aromatic hydroxyl groups is 1. The van der Waals surface area contributed by atoms with Crippen LogP contribution in [0.5, 0.6) is 5.75 Å². The number of ketones is 1. The Morgan fingerprint density at radius 2 is 1.63 bits per heavy atom. The summed E-state index contributed by atoms with van der Waals surface area (Å²) in [5, 5.41) is 10.2. The topological polar surface area (TPSA) is 47.0 Å². The van der Waals surface area contributed by atoms with Crippen molar-refractivity contribution >= 4 is 17.2 Å². The average molecular weight is 265 g/mol. The van der Waals surface area contributed by atoms with E-state index in [2.05, 4.69) is 0 Å². The molecule has 1 aromatic rings. The molecule has 19 heavy (non-hydrogen) atoms. The molecule has 0 aliphatic carbocycles. The van der Waals surface area contributed by atoms with Gasteiger partial charge in [-0.2, -0.15) is 0 Å². The van der Waals surface area contributed by atoms with Gasteiger partial charge in [0.05, 0.1) is 17.8 Å². The van der Waals surface area contributed by atoms with Crippen molar-refractivity contribution in [1.29, 1.82) is 0 Å². The number of phenols is 1. The van der Waals surface area contributed by atoms with Crippen molar-refractivity contribution in [2.75, 3.05) is 58.6 Å².